The molecule has 2 aromatic heterocycles. The van der Waals surface area contributed by atoms with E-state index in [9.17, 15) is 8.42 Å². The molecule has 5 rings (SSSR count). The van der Waals surface area contributed by atoms with Gasteiger partial charge in [-0.25, -0.2) is 12.7 Å². The van der Waals surface area contributed by atoms with Crippen molar-refractivity contribution in [1.29, 1.82) is 0 Å². The van der Waals surface area contributed by atoms with Gasteiger partial charge >= 0.3 is 0 Å². The molecule has 0 unspecified atom stereocenters. The summed E-state index contributed by atoms with van der Waals surface area (Å²) in [5, 5.41) is 10.6. The second-order valence-corrected chi connectivity index (χ2v) is 13.3. The van der Waals surface area contributed by atoms with Gasteiger partial charge in [-0.1, -0.05) is 60.8 Å². The fraction of sp³-hybridized carbons (Fsp3) is 0.370. The Labute approximate surface area is 232 Å². The Hall–Kier alpha value is -2.86. The van der Waals surface area contributed by atoms with E-state index < -0.39 is 10.0 Å². The van der Waals surface area contributed by atoms with Crippen molar-refractivity contribution in [2.45, 2.75) is 45.1 Å². The monoisotopic (exact) mass is 568 g/mol. The molecule has 4 N–H and O–H groups in total. The third-order valence-corrected chi connectivity index (χ3v) is 10.3. The molecule has 3 heterocycles. The number of piperidine rings is 1. The summed E-state index contributed by atoms with van der Waals surface area (Å²) in [6.07, 6.45) is 5.99. The number of thiocarbonyl (C=S) groups is 1. The van der Waals surface area contributed by atoms with Gasteiger partial charge in [0.25, 0.3) is 0 Å². The van der Waals surface area contributed by atoms with Crippen LogP contribution in [-0.2, 0) is 22.9 Å². The summed E-state index contributed by atoms with van der Waals surface area (Å²) in [6.45, 7) is 2.98. The van der Waals surface area contributed by atoms with Gasteiger partial charge in [-0.2, -0.15) is 0 Å². The van der Waals surface area contributed by atoms with E-state index in [1.54, 1.807) is 4.31 Å². The number of hydrogen-bond donors (Lipinski definition) is 2. The molecule has 0 bridgehead atoms. The van der Waals surface area contributed by atoms with Gasteiger partial charge < -0.3 is 16.0 Å². The van der Waals surface area contributed by atoms with Crippen LogP contribution in [0.1, 0.15) is 48.4 Å². The Balaban J connectivity index is 1.50. The molecule has 0 amide bonds. The Morgan fingerprint density at radius 3 is 2.61 bits per heavy atom. The topological polar surface area (TPSA) is 120 Å². The molecule has 0 saturated carbocycles. The van der Waals surface area contributed by atoms with Gasteiger partial charge in [-0.15, -0.1) is 10.2 Å². The van der Waals surface area contributed by atoms with Crippen molar-refractivity contribution in [3.8, 4) is 11.1 Å². The minimum atomic E-state index is -3.19. The van der Waals surface area contributed by atoms with Gasteiger partial charge in [0.1, 0.15) is 10.00 Å². The van der Waals surface area contributed by atoms with Crippen LogP contribution in [0.2, 0.25) is 0 Å². The molecule has 200 valence electrons. The van der Waals surface area contributed by atoms with E-state index in [0.29, 0.717) is 29.6 Å². The first kappa shape index (κ1) is 26.7. The number of nitrogens with two attached hydrogens (primary N) is 2. The van der Waals surface area contributed by atoms with Crippen LogP contribution in [0.25, 0.3) is 22.0 Å². The summed E-state index contributed by atoms with van der Waals surface area (Å²) in [5.41, 5.74) is 17.0. The molecule has 8 nitrogen and oxygen atoms in total. The van der Waals surface area contributed by atoms with Gasteiger partial charge in [-0.05, 0) is 48.9 Å². The predicted octanol–water partition coefficient (Wildman–Crippen LogP) is 4.54. The molecule has 2 aromatic carbocycles. The number of benzene rings is 2. The molecule has 0 aliphatic carbocycles. The highest BCUT2D eigenvalue weighted by Gasteiger charge is 2.29. The smallest absolute Gasteiger partial charge is 0.214 e. The number of anilines is 1. The van der Waals surface area contributed by atoms with Gasteiger partial charge in [0.15, 0.2) is 0 Å². The van der Waals surface area contributed by atoms with E-state index in [0.717, 1.165) is 58.3 Å². The van der Waals surface area contributed by atoms with E-state index in [1.807, 2.05) is 25.1 Å². The van der Waals surface area contributed by atoms with Crippen molar-refractivity contribution in [3.05, 3.63) is 64.8 Å². The maximum absolute atomic E-state index is 12.6. The van der Waals surface area contributed by atoms with Gasteiger partial charge in [-0.3, -0.25) is 0 Å². The van der Waals surface area contributed by atoms with Crippen molar-refractivity contribution in [1.82, 2.24) is 19.1 Å². The van der Waals surface area contributed by atoms with Crippen LogP contribution < -0.4 is 11.5 Å². The van der Waals surface area contributed by atoms with Crippen LogP contribution in [0, 0.1) is 0 Å². The molecular weight excluding hydrogens is 537 g/mol. The Bertz CT molecular complexity index is 1570. The second kappa shape index (κ2) is 11.1. The number of fused-ring (bicyclic) bond motifs is 1. The average molecular weight is 569 g/mol. The summed E-state index contributed by atoms with van der Waals surface area (Å²) < 4.78 is 29.3. The summed E-state index contributed by atoms with van der Waals surface area (Å²) in [6, 6.07) is 14.8. The normalized spacial score (nSPS) is 15.3. The highest BCUT2D eigenvalue weighted by molar-refractivity contribution is 7.89. The maximum Gasteiger partial charge on any atom is 0.214 e. The number of aromatic nitrogens is 3. The SMILES string of the molecule is CCCS(=O)(=O)N1CCC(n2cc(-c3cccc(C(N)=S)c3)c3ccc(CCc4nnc(N)s4)cc32)CC1. The number of rotatable bonds is 9. The molecule has 1 aliphatic heterocycles. The van der Waals surface area contributed by atoms with E-state index in [1.165, 1.54) is 16.9 Å². The molecule has 1 aliphatic rings. The summed E-state index contributed by atoms with van der Waals surface area (Å²) in [7, 11) is -3.19. The Morgan fingerprint density at radius 1 is 1.13 bits per heavy atom. The standard InChI is InChI=1S/C27H32N6O2S3/c1-2-14-38(34,35)32-12-10-21(11-13-32)33-17-23(19-4-3-5-20(16-19)26(28)36)22-8-6-18(15-24(22)33)7-9-25-30-31-27(29)37-25/h3-6,8,15-17,21H,2,7,9-14H2,1H3,(H2,28,36)(H2,29,31). The molecule has 38 heavy (non-hydrogen) atoms. The van der Waals surface area contributed by atoms with Crippen molar-refractivity contribution < 1.29 is 8.42 Å². The molecule has 4 aromatic rings. The Kier molecular flexibility index (Phi) is 7.80. The minimum absolute atomic E-state index is 0.205. The highest BCUT2D eigenvalue weighted by atomic mass is 32.2. The number of sulfonamides is 1. The molecule has 0 spiro atoms. The van der Waals surface area contributed by atoms with Gasteiger partial charge in [0.05, 0.1) is 5.75 Å². The first-order valence-electron chi connectivity index (χ1n) is 12.8. The van der Waals surface area contributed by atoms with Crippen LogP contribution in [0.4, 0.5) is 5.13 Å². The molecule has 1 fully saturated rings. The van der Waals surface area contributed by atoms with E-state index in [4.69, 9.17) is 23.7 Å². The lowest BCUT2D eigenvalue weighted by Crippen LogP contribution is -2.40. The van der Waals surface area contributed by atoms with Crippen LogP contribution in [-0.4, -0.2) is 51.3 Å². The summed E-state index contributed by atoms with van der Waals surface area (Å²) in [5.74, 6) is 0.206. The number of hydrogen-bond acceptors (Lipinski definition) is 7. The molecule has 0 radical (unpaired) electrons. The van der Waals surface area contributed by atoms with E-state index in [2.05, 4.69) is 45.2 Å². The first-order chi connectivity index (χ1) is 18.2. The van der Waals surface area contributed by atoms with Gasteiger partial charge in [0.2, 0.25) is 15.2 Å². The van der Waals surface area contributed by atoms with E-state index in [-0.39, 0.29) is 11.8 Å². The minimum Gasteiger partial charge on any atom is -0.389 e. The molecule has 1 saturated heterocycles. The average Bonchev–Trinajstić information content (AvgIpc) is 3.50. The highest BCUT2D eigenvalue weighted by Crippen LogP contribution is 2.37. The number of aryl methyl sites for hydroxylation is 2. The third kappa shape index (κ3) is 5.61. The fourth-order valence-electron chi connectivity index (χ4n) is 5.23. The van der Waals surface area contributed by atoms with Crippen LogP contribution in [0.5, 0.6) is 0 Å². The molecule has 11 heteroatoms. The van der Waals surface area contributed by atoms with Crippen LogP contribution >= 0.6 is 23.6 Å². The summed E-state index contributed by atoms with van der Waals surface area (Å²) in [4.78, 5) is 0.371. The zero-order valence-corrected chi connectivity index (χ0v) is 23.8. The second-order valence-electron chi connectivity index (χ2n) is 9.73. The largest absolute Gasteiger partial charge is 0.389 e. The zero-order valence-electron chi connectivity index (χ0n) is 21.3. The van der Waals surface area contributed by atoms with Crippen molar-refractivity contribution >= 4 is 54.6 Å². The lowest BCUT2D eigenvalue weighted by molar-refractivity contribution is 0.278. The lowest BCUT2D eigenvalue weighted by atomic mass is 10.0. The lowest BCUT2D eigenvalue weighted by Gasteiger charge is -2.32. The quantitative estimate of drug-likeness (QED) is 0.285. The van der Waals surface area contributed by atoms with Crippen LogP contribution in [0.3, 0.4) is 0 Å². The molecule has 0 atom stereocenters. The van der Waals surface area contributed by atoms with Crippen LogP contribution in [0.15, 0.2) is 48.7 Å². The summed E-state index contributed by atoms with van der Waals surface area (Å²) >= 11 is 6.65. The van der Waals surface area contributed by atoms with Crippen molar-refractivity contribution in [3.63, 3.8) is 0 Å². The predicted molar refractivity (Wildman–Crippen MR) is 159 cm³/mol. The van der Waals surface area contributed by atoms with E-state index >= 15 is 0 Å². The van der Waals surface area contributed by atoms with Gasteiger partial charge in [0, 0.05) is 53.8 Å². The molecular formula is C27H32N6O2S3. The zero-order chi connectivity index (χ0) is 26.9. The number of nitrogen functional groups attached to an aromatic ring is 1. The van der Waals surface area contributed by atoms with Crippen molar-refractivity contribution in [2.75, 3.05) is 24.6 Å². The third-order valence-electron chi connectivity index (χ3n) is 7.14. The Morgan fingerprint density at radius 2 is 1.92 bits per heavy atom. The number of nitrogens with zero attached hydrogens (tertiary/aromatic N) is 4. The van der Waals surface area contributed by atoms with Crippen molar-refractivity contribution in [2.24, 2.45) is 5.73 Å². The fourth-order valence-corrected chi connectivity index (χ4v) is 7.51. The first-order valence-corrected chi connectivity index (χ1v) is 15.7. The maximum atomic E-state index is 12.6.